The Morgan fingerprint density at radius 3 is 2.38 bits per heavy atom. The summed E-state index contributed by atoms with van der Waals surface area (Å²) in [4.78, 5) is 32.6. The molecular formula is C21H22FN5O2. The van der Waals surface area contributed by atoms with Gasteiger partial charge in [0, 0.05) is 12.1 Å². The maximum atomic E-state index is 13.0. The minimum atomic E-state index is -0.346. The van der Waals surface area contributed by atoms with Crippen LogP contribution in [0.25, 0.3) is 5.82 Å². The lowest BCUT2D eigenvalue weighted by Crippen LogP contribution is -2.26. The van der Waals surface area contributed by atoms with Crippen molar-refractivity contribution in [3.05, 3.63) is 72.2 Å². The van der Waals surface area contributed by atoms with Crippen molar-refractivity contribution in [2.24, 2.45) is 5.92 Å². The first kappa shape index (κ1) is 20.2. The summed E-state index contributed by atoms with van der Waals surface area (Å²) in [7, 11) is 0. The number of rotatable bonds is 6. The summed E-state index contributed by atoms with van der Waals surface area (Å²) in [6.07, 6.45) is 4.61. The third-order valence-corrected chi connectivity index (χ3v) is 4.34. The van der Waals surface area contributed by atoms with Crippen LogP contribution >= 0.6 is 0 Å². The number of hydrogen-bond donors (Lipinski definition) is 2. The molecule has 2 aromatic heterocycles. The van der Waals surface area contributed by atoms with Gasteiger partial charge in [-0.05, 0) is 36.8 Å². The molecule has 1 aromatic carbocycles. The van der Waals surface area contributed by atoms with Gasteiger partial charge in [0.25, 0.3) is 5.91 Å². The lowest BCUT2D eigenvalue weighted by atomic mass is 10.1. The van der Waals surface area contributed by atoms with Gasteiger partial charge in [0.2, 0.25) is 5.91 Å². The van der Waals surface area contributed by atoms with Crippen molar-refractivity contribution < 1.29 is 14.0 Å². The highest BCUT2D eigenvalue weighted by molar-refractivity contribution is 5.92. The topological polar surface area (TPSA) is 88.9 Å². The Morgan fingerprint density at radius 2 is 1.76 bits per heavy atom. The van der Waals surface area contributed by atoms with E-state index in [1.807, 2.05) is 20.8 Å². The van der Waals surface area contributed by atoms with Crippen LogP contribution < -0.4 is 10.6 Å². The molecule has 150 valence electrons. The third kappa shape index (κ3) is 5.04. The summed E-state index contributed by atoms with van der Waals surface area (Å²) < 4.78 is 14.7. The zero-order valence-corrected chi connectivity index (χ0v) is 16.4. The molecule has 1 atom stereocenters. The molecule has 2 amide bonds. The average molecular weight is 395 g/mol. The zero-order chi connectivity index (χ0) is 21.0. The second-order valence-electron chi connectivity index (χ2n) is 6.96. The summed E-state index contributed by atoms with van der Waals surface area (Å²) in [5, 5.41) is 5.60. The van der Waals surface area contributed by atoms with Gasteiger partial charge in [0.05, 0.1) is 17.9 Å². The van der Waals surface area contributed by atoms with E-state index in [-0.39, 0.29) is 35.3 Å². The van der Waals surface area contributed by atoms with Crippen molar-refractivity contribution >= 4 is 17.5 Å². The van der Waals surface area contributed by atoms with E-state index in [0.717, 1.165) is 5.56 Å². The van der Waals surface area contributed by atoms with Gasteiger partial charge in [-0.25, -0.2) is 14.4 Å². The zero-order valence-electron chi connectivity index (χ0n) is 16.4. The smallest absolute Gasteiger partial charge is 0.271 e. The fourth-order valence-electron chi connectivity index (χ4n) is 2.57. The molecule has 0 unspecified atom stereocenters. The number of hydrogen-bond acceptors (Lipinski definition) is 4. The monoisotopic (exact) mass is 395 g/mol. The quantitative estimate of drug-likeness (QED) is 0.669. The molecule has 0 spiro atoms. The molecule has 0 saturated carbocycles. The lowest BCUT2D eigenvalue weighted by molar-refractivity contribution is -0.118. The van der Waals surface area contributed by atoms with Crippen molar-refractivity contribution in [2.45, 2.75) is 26.8 Å². The van der Waals surface area contributed by atoms with Crippen LogP contribution in [0.3, 0.4) is 0 Å². The fraction of sp³-hybridized carbons (Fsp3) is 0.238. The van der Waals surface area contributed by atoms with Gasteiger partial charge in [-0.3, -0.25) is 14.2 Å². The number of halogens is 1. The second kappa shape index (κ2) is 8.64. The molecule has 2 N–H and O–H groups in total. The van der Waals surface area contributed by atoms with Crippen molar-refractivity contribution in [1.29, 1.82) is 0 Å². The Kier molecular flexibility index (Phi) is 6.01. The second-order valence-corrected chi connectivity index (χ2v) is 6.96. The summed E-state index contributed by atoms with van der Waals surface area (Å²) in [6, 6.07) is 9.12. The van der Waals surface area contributed by atoms with Crippen LogP contribution in [0.4, 0.5) is 10.1 Å². The van der Waals surface area contributed by atoms with Crippen molar-refractivity contribution in [3.8, 4) is 5.82 Å². The molecule has 0 fully saturated rings. The molecule has 7 nitrogen and oxygen atoms in total. The van der Waals surface area contributed by atoms with Gasteiger partial charge in [0.15, 0.2) is 0 Å². The predicted molar refractivity (Wildman–Crippen MR) is 107 cm³/mol. The Morgan fingerprint density at radius 1 is 1.03 bits per heavy atom. The molecule has 0 radical (unpaired) electrons. The van der Waals surface area contributed by atoms with Gasteiger partial charge in [-0.15, -0.1) is 0 Å². The number of benzene rings is 1. The number of anilines is 1. The summed E-state index contributed by atoms with van der Waals surface area (Å²) in [5.41, 5.74) is 1.62. The first-order valence-corrected chi connectivity index (χ1v) is 9.21. The van der Waals surface area contributed by atoms with Crippen LogP contribution in [0.2, 0.25) is 0 Å². The standard InChI is InChI=1S/C21H22FN5O2/c1-13(2)20(28)26-17-8-9-19(23-10-17)27-11-18(24-12-27)21(29)25-14(3)15-4-6-16(22)7-5-15/h4-14H,1-3H3,(H,25,29)(H,26,28)/t14-/m1/s1. The summed E-state index contributed by atoms with van der Waals surface area (Å²) >= 11 is 0. The van der Waals surface area contributed by atoms with E-state index in [1.54, 1.807) is 41.2 Å². The molecule has 8 heteroatoms. The predicted octanol–water partition coefficient (Wildman–Crippen LogP) is 3.49. The number of carbonyl (C=O) groups is 2. The molecule has 3 rings (SSSR count). The van der Waals surface area contributed by atoms with E-state index >= 15 is 0 Å². The number of nitrogens with one attached hydrogen (secondary N) is 2. The van der Waals surface area contributed by atoms with Crippen LogP contribution in [0.15, 0.2) is 55.1 Å². The van der Waals surface area contributed by atoms with Crippen LogP contribution in [-0.4, -0.2) is 26.3 Å². The van der Waals surface area contributed by atoms with Crippen LogP contribution in [0.1, 0.15) is 42.9 Å². The van der Waals surface area contributed by atoms with E-state index in [0.29, 0.717) is 11.5 Å². The van der Waals surface area contributed by atoms with Crippen LogP contribution in [0, 0.1) is 11.7 Å². The SMILES string of the molecule is CC(C)C(=O)Nc1ccc(-n2cnc(C(=O)N[C@H](C)c3ccc(F)cc3)c2)nc1. The molecule has 0 aliphatic carbocycles. The van der Waals surface area contributed by atoms with Gasteiger partial charge in [0.1, 0.15) is 23.7 Å². The van der Waals surface area contributed by atoms with Gasteiger partial charge in [-0.1, -0.05) is 26.0 Å². The first-order chi connectivity index (χ1) is 13.8. The average Bonchev–Trinajstić information content (AvgIpc) is 3.19. The van der Waals surface area contributed by atoms with Gasteiger partial charge in [-0.2, -0.15) is 0 Å². The third-order valence-electron chi connectivity index (χ3n) is 4.34. The maximum Gasteiger partial charge on any atom is 0.271 e. The van der Waals surface area contributed by atoms with E-state index < -0.39 is 0 Å². The first-order valence-electron chi connectivity index (χ1n) is 9.21. The maximum absolute atomic E-state index is 13.0. The van der Waals surface area contributed by atoms with Crippen molar-refractivity contribution in [1.82, 2.24) is 19.9 Å². The number of aromatic nitrogens is 3. The minimum absolute atomic E-state index is 0.0867. The molecule has 0 bridgehead atoms. The fourth-order valence-corrected chi connectivity index (χ4v) is 2.57. The summed E-state index contributed by atoms with van der Waals surface area (Å²) in [5.74, 6) is -0.321. The Bertz CT molecular complexity index is 997. The number of amides is 2. The molecule has 3 aromatic rings. The largest absolute Gasteiger partial charge is 0.344 e. The highest BCUT2D eigenvalue weighted by atomic mass is 19.1. The van der Waals surface area contributed by atoms with Gasteiger partial charge < -0.3 is 10.6 Å². The Balaban J connectivity index is 1.66. The molecule has 29 heavy (non-hydrogen) atoms. The van der Waals surface area contributed by atoms with E-state index in [9.17, 15) is 14.0 Å². The van der Waals surface area contributed by atoms with Crippen molar-refractivity contribution in [2.75, 3.05) is 5.32 Å². The number of nitrogens with zero attached hydrogens (tertiary/aromatic N) is 3. The number of imidazole rings is 1. The molecule has 0 aliphatic heterocycles. The van der Waals surface area contributed by atoms with E-state index in [1.165, 1.54) is 18.5 Å². The van der Waals surface area contributed by atoms with E-state index in [2.05, 4.69) is 20.6 Å². The molecule has 2 heterocycles. The van der Waals surface area contributed by atoms with Crippen molar-refractivity contribution in [3.63, 3.8) is 0 Å². The van der Waals surface area contributed by atoms with Crippen LogP contribution in [0.5, 0.6) is 0 Å². The Labute approximate surface area is 168 Å². The van der Waals surface area contributed by atoms with Gasteiger partial charge >= 0.3 is 0 Å². The minimum Gasteiger partial charge on any atom is -0.344 e. The Hall–Kier alpha value is -3.55. The molecule has 0 saturated heterocycles. The molecule has 0 aliphatic rings. The number of carbonyl (C=O) groups excluding carboxylic acids is 2. The lowest BCUT2D eigenvalue weighted by Gasteiger charge is -2.13. The normalized spacial score (nSPS) is 11.9. The van der Waals surface area contributed by atoms with E-state index in [4.69, 9.17) is 0 Å². The van der Waals surface area contributed by atoms with Crippen LogP contribution in [-0.2, 0) is 4.79 Å². The molecular weight excluding hydrogens is 373 g/mol. The summed E-state index contributed by atoms with van der Waals surface area (Å²) in [6.45, 7) is 5.44. The highest BCUT2D eigenvalue weighted by Crippen LogP contribution is 2.15. The highest BCUT2D eigenvalue weighted by Gasteiger charge is 2.15. The number of pyridine rings is 1.